The van der Waals surface area contributed by atoms with Crippen LogP contribution in [0.4, 0.5) is 0 Å². The van der Waals surface area contributed by atoms with Crippen molar-refractivity contribution in [1.29, 1.82) is 0 Å². The summed E-state index contributed by atoms with van der Waals surface area (Å²) in [5, 5.41) is 12.3. The molecule has 6 nitrogen and oxygen atoms in total. The van der Waals surface area contributed by atoms with Crippen molar-refractivity contribution in [2.45, 2.75) is 37.9 Å². The third-order valence-electron chi connectivity index (χ3n) is 4.97. The number of hydrogen-bond donors (Lipinski definition) is 2. The molecule has 2 N–H and O–H groups in total. The van der Waals surface area contributed by atoms with Crippen molar-refractivity contribution in [3.8, 4) is 5.75 Å². The van der Waals surface area contributed by atoms with Crippen LogP contribution in [0.2, 0.25) is 0 Å². The van der Waals surface area contributed by atoms with Gasteiger partial charge >= 0.3 is 5.97 Å². The molecule has 2 aliphatic rings. The van der Waals surface area contributed by atoms with Crippen LogP contribution in [0.1, 0.15) is 24.8 Å². The molecule has 4 unspecified atom stereocenters. The molecule has 3 rings (SSSR count). The van der Waals surface area contributed by atoms with Crippen LogP contribution in [0.5, 0.6) is 5.75 Å². The zero-order valence-electron chi connectivity index (χ0n) is 13.7. The zero-order valence-corrected chi connectivity index (χ0v) is 13.7. The van der Waals surface area contributed by atoms with E-state index < -0.39 is 11.9 Å². The number of benzene rings is 1. The average molecular weight is 333 g/mol. The van der Waals surface area contributed by atoms with Crippen molar-refractivity contribution in [2.75, 3.05) is 13.7 Å². The molecule has 2 saturated heterocycles. The van der Waals surface area contributed by atoms with E-state index in [1.54, 1.807) is 13.2 Å². The van der Waals surface area contributed by atoms with Gasteiger partial charge in [0, 0.05) is 6.54 Å². The topological polar surface area (TPSA) is 84.9 Å². The van der Waals surface area contributed by atoms with E-state index in [1.807, 2.05) is 18.2 Å². The lowest BCUT2D eigenvalue weighted by molar-refractivity contribution is -0.141. The summed E-state index contributed by atoms with van der Waals surface area (Å²) in [5.74, 6) is -1.18. The summed E-state index contributed by atoms with van der Waals surface area (Å²) >= 11 is 0. The summed E-state index contributed by atoms with van der Waals surface area (Å²) in [7, 11) is 1.56. The molecule has 1 aromatic carbocycles. The van der Waals surface area contributed by atoms with Crippen molar-refractivity contribution in [1.82, 2.24) is 5.32 Å². The second-order valence-electron chi connectivity index (χ2n) is 6.51. The number of amides is 1. The lowest BCUT2D eigenvalue weighted by Gasteiger charge is -2.20. The van der Waals surface area contributed by atoms with Gasteiger partial charge in [-0.3, -0.25) is 9.59 Å². The molecule has 130 valence electrons. The van der Waals surface area contributed by atoms with E-state index in [0.717, 1.165) is 24.8 Å². The Morgan fingerprint density at radius 1 is 1.38 bits per heavy atom. The first-order valence-electron chi connectivity index (χ1n) is 8.36. The highest BCUT2D eigenvalue weighted by molar-refractivity contribution is 5.80. The maximum atomic E-state index is 12.3. The van der Waals surface area contributed by atoms with Crippen LogP contribution in [0.25, 0.3) is 0 Å². The number of nitrogens with one attached hydrogen (secondary N) is 1. The molecule has 0 saturated carbocycles. The number of para-hydroxylation sites is 1. The van der Waals surface area contributed by atoms with E-state index in [2.05, 4.69) is 5.32 Å². The minimum Gasteiger partial charge on any atom is -0.496 e. The van der Waals surface area contributed by atoms with Crippen LogP contribution >= 0.6 is 0 Å². The molecular weight excluding hydrogens is 310 g/mol. The van der Waals surface area contributed by atoms with Gasteiger partial charge in [-0.25, -0.2) is 0 Å². The molecule has 2 fully saturated rings. The number of carbonyl (C=O) groups excluding carboxylic acids is 1. The van der Waals surface area contributed by atoms with Crippen LogP contribution < -0.4 is 10.1 Å². The van der Waals surface area contributed by atoms with E-state index in [0.29, 0.717) is 12.2 Å². The highest BCUT2D eigenvalue weighted by Gasteiger charge is 2.44. The lowest BCUT2D eigenvalue weighted by Crippen LogP contribution is -2.40. The number of carbonyl (C=O) groups is 2. The molecule has 0 aliphatic carbocycles. The highest BCUT2D eigenvalue weighted by atomic mass is 16.5. The van der Waals surface area contributed by atoms with Crippen molar-refractivity contribution >= 4 is 11.9 Å². The minimum absolute atomic E-state index is 0.00694. The molecule has 4 atom stereocenters. The molecule has 2 heterocycles. The van der Waals surface area contributed by atoms with Crippen molar-refractivity contribution in [3.63, 3.8) is 0 Å². The fourth-order valence-electron chi connectivity index (χ4n) is 3.65. The third kappa shape index (κ3) is 3.53. The Labute approximate surface area is 141 Å². The zero-order chi connectivity index (χ0) is 17.1. The third-order valence-corrected chi connectivity index (χ3v) is 4.97. The molecule has 0 spiro atoms. The van der Waals surface area contributed by atoms with Crippen molar-refractivity contribution in [3.05, 3.63) is 29.8 Å². The second-order valence-corrected chi connectivity index (χ2v) is 6.51. The predicted molar refractivity (Wildman–Crippen MR) is 86.8 cm³/mol. The fourth-order valence-corrected chi connectivity index (χ4v) is 3.65. The van der Waals surface area contributed by atoms with Gasteiger partial charge in [-0.1, -0.05) is 18.2 Å². The van der Waals surface area contributed by atoms with E-state index in [1.165, 1.54) is 0 Å². The average Bonchev–Trinajstić information content (AvgIpc) is 3.21. The molecule has 0 radical (unpaired) electrons. The largest absolute Gasteiger partial charge is 0.496 e. The molecule has 2 bridgehead atoms. The normalized spacial score (nSPS) is 26.1. The first-order valence-corrected chi connectivity index (χ1v) is 8.36. The van der Waals surface area contributed by atoms with Gasteiger partial charge in [-0.05, 0) is 37.3 Å². The quantitative estimate of drug-likeness (QED) is 0.792. The van der Waals surface area contributed by atoms with Gasteiger partial charge in [-0.15, -0.1) is 0 Å². The summed E-state index contributed by atoms with van der Waals surface area (Å²) < 4.78 is 11.0. The smallest absolute Gasteiger partial charge is 0.308 e. The summed E-state index contributed by atoms with van der Waals surface area (Å²) in [4.78, 5) is 23.9. The Balaban J connectivity index is 1.58. The van der Waals surface area contributed by atoms with Crippen molar-refractivity contribution < 1.29 is 24.2 Å². The van der Waals surface area contributed by atoms with E-state index >= 15 is 0 Å². The van der Waals surface area contributed by atoms with Crippen LogP contribution in [-0.2, 0) is 20.7 Å². The van der Waals surface area contributed by atoms with Crippen LogP contribution in [0.15, 0.2) is 24.3 Å². The molecular formula is C18H23NO5. The summed E-state index contributed by atoms with van der Waals surface area (Å²) in [5.41, 5.74) is 0.824. The number of carboxylic acids is 1. The SMILES string of the molecule is COc1ccccc1CC(CNC(=O)C1CC2CCC1O2)C(=O)O. The molecule has 0 aromatic heterocycles. The molecule has 2 aliphatic heterocycles. The summed E-state index contributed by atoms with van der Waals surface area (Å²) in [6.07, 6.45) is 3.22. The van der Waals surface area contributed by atoms with Crippen LogP contribution in [0, 0.1) is 11.8 Å². The Bertz CT molecular complexity index is 617. The fraction of sp³-hybridized carbons (Fsp3) is 0.556. The lowest BCUT2D eigenvalue weighted by atomic mass is 9.88. The highest BCUT2D eigenvalue weighted by Crippen LogP contribution is 2.38. The van der Waals surface area contributed by atoms with E-state index in [9.17, 15) is 14.7 Å². The Morgan fingerprint density at radius 2 is 2.17 bits per heavy atom. The minimum atomic E-state index is -0.926. The summed E-state index contributed by atoms with van der Waals surface area (Å²) in [6.45, 7) is 0.111. The number of hydrogen-bond acceptors (Lipinski definition) is 4. The van der Waals surface area contributed by atoms with Gasteiger partial charge < -0.3 is 19.9 Å². The van der Waals surface area contributed by atoms with Crippen LogP contribution in [0.3, 0.4) is 0 Å². The van der Waals surface area contributed by atoms with Gasteiger partial charge in [0.05, 0.1) is 31.2 Å². The standard InChI is InChI=1S/C18H23NO5/c1-23-15-5-3-2-4-11(15)8-12(18(21)22)10-19-17(20)14-9-13-6-7-16(14)24-13/h2-5,12-14,16H,6-10H2,1H3,(H,19,20)(H,21,22). The molecule has 1 aromatic rings. The van der Waals surface area contributed by atoms with E-state index in [4.69, 9.17) is 9.47 Å². The second kappa shape index (κ2) is 7.21. The van der Waals surface area contributed by atoms with Gasteiger partial charge in [0.2, 0.25) is 5.91 Å². The molecule has 1 amide bonds. The number of ether oxygens (including phenoxy) is 2. The van der Waals surface area contributed by atoms with Gasteiger partial charge in [-0.2, -0.15) is 0 Å². The first-order chi connectivity index (χ1) is 11.6. The number of aliphatic carboxylic acids is 1. The Hall–Kier alpha value is -2.08. The molecule has 6 heteroatoms. The Morgan fingerprint density at radius 3 is 2.79 bits per heavy atom. The number of fused-ring (bicyclic) bond motifs is 2. The first kappa shape index (κ1) is 16.8. The number of rotatable bonds is 7. The monoisotopic (exact) mass is 333 g/mol. The van der Waals surface area contributed by atoms with Gasteiger partial charge in [0.15, 0.2) is 0 Å². The van der Waals surface area contributed by atoms with Crippen LogP contribution in [-0.4, -0.2) is 42.8 Å². The summed E-state index contributed by atoms with van der Waals surface area (Å²) in [6, 6.07) is 7.34. The van der Waals surface area contributed by atoms with Crippen molar-refractivity contribution in [2.24, 2.45) is 11.8 Å². The van der Waals surface area contributed by atoms with Gasteiger partial charge in [0.1, 0.15) is 5.75 Å². The predicted octanol–water partition coefficient (Wildman–Crippen LogP) is 1.62. The van der Waals surface area contributed by atoms with E-state index in [-0.39, 0.29) is 30.6 Å². The maximum Gasteiger partial charge on any atom is 0.308 e. The Kier molecular flexibility index (Phi) is 5.04. The van der Waals surface area contributed by atoms with Gasteiger partial charge in [0.25, 0.3) is 0 Å². The molecule has 24 heavy (non-hydrogen) atoms. The number of methoxy groups -OCH3 is 1. The number of carboxylic acid groups (broad SMARTS) is 1. The maximum absolute atomic E-state index is 12.3.